The van der Waals surface area contributed by atoms with E-state index < -0.39 is 0 Å². The molecule has 0 spiro atoms. The highest BCUT2D eigenvalue weighted by molar-refractivity contribution is 5.84. The average Bonchev–Trinajstić information content (AvgIpc) is 2.47. The number of phenols is 1. The lowest BCUT2D eigenvalue weighted by atomic mass is 10.1. The molecule has 0 aliphatic carbocycles. The zero-order valence-corrected chi connectivity index (χ0v) is 10.6. The van der Waals surface area contributed by atoms with Gasteiger partial charge in [0.15, 0.2) is 5.43 Å². The first kappa shape index (κ1) is 12.2. The predicted octanol–water partition coefficient (Wildman–Crippen LogP) is 3.67. The second-order valence-corrected chi connectivity index (χ2v) is 4.44. The molecule has 3 heteroatoms. The van der Waals surface area contributed by atoms with Crippen LogP contribution in [0.1, 0.15) is 11.1 Å². The Morgan fingerprint density at radius 1 is 1.00 bits per heavy atom. The summed E-state index contributed by atoms with van der Waals surface area (Å²) in [5, 5.41) is 10.4. The van der Waals surface area contributed by atoms with Crippen LogP contribution in [0.4, 0.5) is 0 Å². The number of hydrogen-bond donors (Lipinski definition) is 1. The molecule has 0 unspecified atom stereocenters. The average molecular weight is 264 g/mol. The Hall–Kier alpha value is -2.81. The third kappa shape index (κ3) is 2.34. The van der Waals surface area contributed by atoms with Gasteiger partial charge in [-0.05, 0) is 11.6 Å². The van der Waals surface area contributed by atoms with Crippen molar-refractivity contribution in [3.8, 4) is 5.75 Å². The first-order valence-corrected chi connectivity index (χ1v) is 6.22. The molecular weight excluding hydrogens is 252 g/mol. The molecule has 2 aromatic carbocycles. The van der Waals surface area contributed by atoms with Gasteiger partial charge >= 0.3 is 0 Å². The number of phenolic OH excluding ortho intramolecular Hbond substituents is 1. The van der Waals surface area contributed by atoms with Crippen LogP contribution in [0, 0.1) is 0 Å². The molecule has 3 aromatic rings. The Morgan fingerprint density at radius 3 is 2.60 bits per heavy atom. The Kier molecular flexibility index (Phi) is 3.09. The first-order chi connectivity index (χ1) is 9.74. The van der Waals surface area contributed by atoms with Gasteiger partial charge in [0, 0.05) is 17.7 Å². The van der Waals surface area contributed by atoms with Crippen LogP contribution < -0.4 is 5.43 Å². The number of aromatic hydroxyl groups is 1. The zero-order chi connectivity index (χ0) is 13.9. The topological polar surface area (TPSA) is 50.4 Å². The van der Waals surface area contributed by atoms with Crippen LogP contribution >= 0.6 is 0 Å². The smallest absolute Gasteiger partial charge is 0.192 e. The molecular formula is C17H12O3. The number of hydrogen-bond acceptors (Lipinski definition) is 3. The van der Waals surface area contributed by atoms with Crippen LogP contribution in [0.3, 0.4) is 0 Å². The number of rotatable bonds is 2. The van der Waals surface area contributed by atoms with E-state index in [4.69, 9.17) is 4.42 Å². The van der Waals surface area contributed by atoms with Gasteiger partial charge in [-0.15, -0.1) is 0 Å². The van der Waals surface area contributed by atoms with E-state index in [1.165, 1.54) is 18.4 Å². The summed E-state index contributed by atoms with van der Waals surface area (Å²) >= 11 is 0. The highest BCUT2D eigenvalue weighted by Gasteiger charge is 2.05. The third-order valence-corrected chi connectivity index (χ3v) is 3.06. The van der Waals surface area contributed by atoms with Crippen molar-refractivity contribution in [1.29, 1.82) is 0 Å². The minimum atomic E-state index is -0.124. The fourth-order valence-electron chi connectivity index (χ4n) is 2.02. The first-order valence-electron chi connectivity index (χ1n) is 6.22. The minimum absolute atomic E-state index is 0.0824. The Balaban J connectivity index is 2.08. The summed E-state index contributed by atoms with van der Waals surface area (Å²) in [7, 11) is 0. The van der Waals surface area contributed by atoms with Gasteiger partial charge in [-0.3, -0.25) is 4.79 Å². The Bertz CT molecular complexity index is 830. The van der Waals surface area contributed by atoms with Gasteiger partial charge in [0.25, 0.3) is 0 Å². The molecule has 3 nitrogen and oxygen atoms in total. The summed E-state index contributed by atoms with van der Waals surface area (Å²) in [5.74, 6) is 0.0824. The molecule has 0 atom stereocenters. The fraction of sp³-hybridized carbons (Fsp3) is 0. The normalized spacial score (nSPS) is 11.2. The minimum Gasteiger partial charge on any atom is -0.507 e. The van der Waals surface area contributed by atoms with Crippen LogP contribution in [0.25, 0.3) is 23.1 Å². The molecule has 0 aliphatic heterocycles. The van der Waals surface area contributed by atoms with Crippen molar-refractivity contribution in [3.63, 3.8) is 0 Å². The van der Waals surface area contributed by atoms with E-state index in [1.54, 1.807) is 12.1 Å². The Labute approximate surface area is 115 Å². The van der Waals surface area contributed by atoms with E-state index in [0.717, 1.165) is 5.56 Å². The van der Waals surface area contributed by atoms with Crippen molar-refractivity contribution in [2.24, 2.45) is 0 Å². The van der Waals surface area contributed by atoms with Crippen molar-refractivity contribution in [2.45, 2.75) is 0 Å². The van der Waals surface area contributed by atoms with Gasteiger partial charge in [-0.25, -0.2) is 0 Å². The molecule has 0 amide bonds. The summed E-state index contributed by atoms with van der Waals surface area (Å²) in [5.41, 5.74) is 1.86. The standard InChI is InChI=1S/C17H12O3/c18-15-8-9-20-17-11-16(19)13(10-14(15)17)7-6-12-4-2-1-3-5-12/h1-11,19H/b7-6+. The van der Waals surface area contributed by atoms with Crippen molar-refractivity contribution < 1.29 is 9.52 Å². The molecule has 0 fully saturated rings. The van der Waals surface area contributed by atoms with Gasteiger partial charge in [-0.1, -0.05) is 42.5 Å². The van der Waals surface area contributed by atoms with E-state index in [2.05, 4.69) is 0 Å². The second-order valence-electron chi connectivity index (χ2n) is 4.44. The Morgan fingerprint density at radius 2 is 1.80 bits per heavy atom. The third-order valence-electron chi connectivity index (χ3n) is 3.06. The quantitative estimate of drug-likeness (QED) is 0.718. The van der Waals surface area contributed by atoms with Crippen LogP contribution in [-0.2, 0) is 0 Å². The van der Waals surface area contributed by atoms with Gasteiger partial charge in [0.05, 0.1) is 11.6 Å². The molecule has 20 heavy (non-hydrogen) atoms. The molecule has 0 saturated heterocycles. The molecule has 1 N–H and O–H groups in total. The van der Waals surface area contributed by atoms with Crippen molar-refractivity contribution in [1.82, 2.24) is 0 Å². The SMILES string of the molecule is O=c1ccoc2cc(O)c(/C=C/c3ccccc3)cc12. The predicted molar refractivity (Wildman–Crippen MR) is 79.5 cm³/mol. The molecule has 98 valence electrons. The van der Waals surface area contributed by atoms with E-state index in [9.17, 15) is 9.90 Å². The van der Waals surface area contributed by atoms with Crippen molar-refractivity contribution in [2.75, 3.05) is 0 Å². The molecule has 1 aromatic heterocycles. The fourth-order valence-corrected chi connectivity index (χ4v) is 2.02. The van der Waals surface area contributed by atoms with E-state index >= 15 is 0 Å². The van der Waals surface area contributed by atoms with E-state index in [0.29, 0.717) is 16.5 Å². The van der Waals surface area contributed by atoms with Crippen LogP contribution in [0.15, 0.2) is 64.0 Å². The van der Waals surface area contributed by atoms with Gasteiger partial charge in [0.2, 0.25) is 0 Å². The van der Waals surface area contributed by atoms with Gasteiger partial charge in [0.1, 0.15) is 11.3 Å². The molecule has 0 aliphatic rings. The highest BCUT2D eigenvalue weighted by atomic mass is 16.3. The van der Waals surface area contributed by atoms with Crippen molar-refractivity contribution >= 4 is 23.1 Å². The maximum atomic E-state index is 11.8. The summed E-state index contributed by atoms with van der Waals surface area (Å²) in [4.78, 5) is 11.8. The van der Waals surface area contributed by atoms with Crippen LogP contribution in [-0.4, -0.2) is 5.11 Å². The number of benzene rings is 2. The second kappa shape index (κ2) is 5.05. The van der Waals surface area contributed by atoms with E-state index in [-0.39, 0.29) is 11.2 Å². The summed E-state index contributed by atoms with van der Waals surface area (Å²) in [6, 6.07) is 14.2. The van der Waals surface area contributed by atoms with Crippen LogP contribution in [0.2, 0.25) is 0 Å². The molecule has 1 heterocycles. The molecule has 3 rings (SSSR count). The summed E-state index contributed by atoms with van der Waals surface area (Å²) in [6.07, 6.45) is 4.98. The molecule has 0 bridgehead atoms. The highest BCUT2D eigenvalue weighted by Crippen LogP contribution is 2.25. The number of fused-ring (bicyclic) bond motifs is 1. The van der Waals surface area contributed by atoms with E-state index in [1.807, 2.05) is 36.4 Å². The molecule has 0 radical (unpaired) electrons. The monoisotopic (exact) mass is 264 g/mol. The maximum absolute atomic E-state index is 11.8. The van der Waals surface area contributed by atoms with Gasteiger partial charge < -0.3 is 9.52 Å². The summed E-state index contributed by atoms with van der Waals surface area (Å²) < 4.78 is 5.21. The lowest BCUT2D eigenvalue weighted by Crippen LogP contribution is -1.98. The maximum Gasteiger partial charge on any atom is 0.192 e. The summed E-state index contributed by atoms with van der Waals surface area (Å²) in [6.45, 7) is 0. The van der Waals surface area contributed by atoms with Crippen LogP contribution in [0.5, 0.6) is 5.75 Å². The largest absolute Gasteiger partial charge is 0.507 e. The lowest BCUT2D eigenvalue weighted by Gasteiger charge is -2.02. The van der Waals surface area contributed by atoms with Crippen molar-refractivity contribution in [3.05, 3.63) is 76.1 Å². The zero-order valence-electron chi connectivity index (χ0n) is 10.6. The van der Waals surface area contributed by atoms with Gasteiger partial charge in [-0.2, -0.15) is 0 Å². The lowest BCUT2D eigenvalue weighted by molar-refractivity contribution is 0.473. The molecule has 0 saturated carbocycles.